The Morgan fingerprint density at radius 2 is 2.29 bits per heavy atom. The standard InChI is InChI=1S/C15H12ClFN4O2S/c1-7-13-10(5-18-14(7)16)20-15(21-13)24-6-12(23)19-8-2-3-9(17)11(22)4-8/h2-5,22H,6H2,1H3,(H,19,23)(H,20,21). The molecule has 6 nitrogen and oxygen atoms in total. The number of nitrogens with zero attached hydrogens (tertiary/aromatic N) is 2. The molecule has 0 aliphatic carbocycles. The van der Waals surface area contributed by atoms with Gasteiger partial charge < -0.3 is 15.4 Å². The third-order valence-electron chi connectivity index (χ3n) is 3.26. The molecule has 0 fully saturated rings. The minimum absolute atomic E-state index is 0.0954. The van der Waals surface area contributed by atoms with Crippen molar-refractivity contribution < 1.29 is 14.3 Å². The van der Waals surface area contributed by atoms with E-state index in [0.717, 1.165) is 23.2 Å². The maximum Gasteiger partial charge on any atom is 0.234 e. The van der Waals surface area contributed by atoms with Crippen molar-refractivity contribution in [1.82, 2.24) is 15.0 Å². The second kappa shape index (κ2) is 6.66. The topological polar surface area (TPSA) is 90.9 Å². The number of aryl methyl sites for hydroxylation is 1. The van der Waals surface area contributed by atoms with Gasteiger partial charge in [0.15, 0.2) is 16.7 Å². The average Bonchev–Trinajstić information content (AvgIpc) is 2.97. The van der Waals surface area contributed by atoms with Gasteiger partial charge in [0.1, 0.15) is 10.7 Å². The highest BCUT2D eigenvalue weighted by Gasteiger charge is 2.11. The Balaban J connectivity index is 1.65. The zero-order valence-electron chi connectivity index (χ0n) is 12.4. The van der Waals surface area contributed by atoms with Crippen LogP contribution in [0.2, 0.25) is 5.15 Å². The Morgan fingerprint density at radius 1 is 1.50 bits per heavy atom. The lowest BCUT2D eigenvalue weighted by Gasteiger charge is -2.05. The molecule has 0 aliphatic heterocycles. The van der Waals surface area contributed by atoms with Crippen molar-refractivity contribution in [3.05, 3.63) is 40.9 Å². The summed E-state index contributed by atoms with van der Waals surface area (Å²) in [6.45, 7) is 1.83. The molecule has 2 heterocycles. The second-order valence-electron chi connectivity index (χ2n) is 4.98. The lowest BCUT2D eigenvalue weighted by Crippen LogP contribution is -2.14. The van der Waals surface area contributed by atoms with Gasteiger partial charge >= 0.3 is 0 Å². The van der Waals surface area contributed by atoms with Gasteiger partial charge in [0.05, 0.1) is 17.5 Å². The number of aromatic hydroxyl groups is 1. The molecular weight excluding hydrogens is 355 g/mol. The number of hydrogen-bond acceptors (Lipinski definition) is 5. The van der Waals surface area contributed by atoms with Gasteiger partial charge in [-0.25, -0.2) is 14.4 Å². The molecule has 2 aromatic heterocycles. The number of carbonyl (C=O) groups is 1. The highest BCUT2D eigenvalue weighted by Crippen LogP contribution is 2.25. The Morgan fingerprint density at radius 3 is 3.04 bits per heavy atom. The van der Waals surface area contributed by atoms with E-state index in [4.69, 9.17) is 11.6 Å². The van der Waals surface area contributed by atoms with Crippen LogP contribution in [0.25, 0.3) is 11.0 Å². The van der Waals surface area contributed by atoms with Crippen LogP contribution in [0.1, 0.15) is 5.56 Å². The second-order valence-corrected chi connectivity index (χ2v) is 6.30. The molecule has 3 rings (SSSR count). The minimum Gasteiger partial charge on any atom is -0.505 e. The number of aromatic nitrogens is 3. The SMILES string of the molecule is Cc1c(Cl)ncc2nc(SCC(=O)Nc3ccc(F)c(O)c3)[nH]c12. The molecule has 0 saturated carbocycles. The number of phenols is 1. The lowest BCUT2D eigenvalue weighted by molar-refractivity contribution is -0.113. The number of nitrogens with one attached hydrogen (secondary N) is 2. The molecule has 1 amide bonds. The summed E-state index contributed by atoms with van der Waals surface area (Å²) in [5.41, 5.74) is 2.56. The van der Waals surface area contributed by atoms with Crippen LogP contribution in [0, 0.1) is 12.7 Å². The van der Waals surface area contributed by atoms with Crippen LogP contribution in [0.3, 0.4) is 0 Å². The fourth-order valence-corrected chi connectivity index (χ4v) is 2.87. The number of benzene rings is 1. The molecule has 3 N–H and O–H groups in total. The van der Waals surface area contributed by atoms with Crippen molar-refractivity contribution in [2.24, 2.45) is 0 Å². The van der Waals surface area contributed by atoms with E-state index < -0.39 is 11.6 Å². The molecule has 1 aromatic carbocycles. The van der Waals surface area contributed by atoms with Gasteiger partial charge in [-0.15, -0.1) is 0 Å². The van der Waals surface area contributed by atoms with Crippen LogP contribution in [0.5, 0.6) is 5.75 Å². The summed E-state index contributed by atoms with van der Waals surface area (Å²) >= 11 is 7.17. The Hall–Kier alpha value is -2.32. The van der Waals surface area contributed by atoms with Gasteiger partial charge in [-0.2, -0.15) is 0 Å². The molecule has 24 heavy (non-hydrogen) atoms. The summed E-state index contributed by atoms with van der Waals surface area (Å²) in [4.78, 5) is 23.4. The van der Waals surface area contributed by atoms with E-state index in [0.29, 0.717) is 21.5 Å². The van der Waals surface area contributed by atoms with Crippen molar-refractivity contribution in [3.8, 4) is 5.75 Å². The van der Waals surface area contributed by atoms with Gasteiger partial charge in [0, 0.05) is 17.3 Å². The van der Waals surface area contributed by atoms with Crippen molar-refractivity contribution >= 4 is 46.0 Å². The zero-order valence-corrected chi connectivity index (χ0v) is 14.0. The predicted octanol–water partition coefficient (Wildman–Crippen LogP) is 3.50. The fourth-order valence-electron chi connectivity index (χ4n) is 2.05. The molecule has 0 aliphatic rings. The van der Waals surface area contributed by atoms with Gasteiger partial charge in [-0.05, 0) is 19.1 Å². The van der Waals surface area contributed by atoms with Crippen LogP contribution in [0.4, 0.5) is 10.1 Å². The first-order valence-electron chi connectivity index (χ1n) is 6.86. The predicted molar refractivity (Wildman–Crippen MR) is 91.1 cm³/mol. The third kappa shape index (κ3) is 3.44. The number of pyridine rings is 1. The number of hydrogen-bond donors (Lipinski definition) is 3. The fraction of sp³-hybridized carbons (Fsp3) is 0.133. The molecule has 0 saturated heterocycles. The zero-order chi connectivity index (χ0) is 17.3. The van der Waals surface area contributed by atoms with Crippen LogP contribution in [-0.2, 0) is 4.79 Å². The number of phenolic OH excluding ortho intramolecular Hbond substituents is 1. The molecular formula is C15H12ClFN4O2S. The van der Waals surface area contributed by atoms with Crippen LogP contribution >= 0.6 is 23.4 Å². The molecule has 0 radical (unpaired) electrons. The molecule has 3 aromatic rings. The number of halogens is 2. The molecule has 124 valence electrons. The van der Waals surface area contributed by atoms with E-state index in [1.165, 1.54) is 17.8 Å². The average molecular weight is 367 g/mol. The number of H-pyrrole nitrogens is 1. The number of rotatable bonds is 4. The van der Waals surface area contributed by atoms with Crippen LogP contribution in [-0.4, -0.2) is 31.7 Å². The van der Waals surface area contributed by atoms with Crippen LogP contribution < -0.4 is 5.32 Å². The Labute approximate surface area is 145 Å². The summed E-state index contributed by atoms with van der Waals surface area (Å²) in [6, 6.07) is 3.60. The lowest BCUT2D eigenvalue weighted by atomic mass is 10.3. The first kappa shape index (κ1) is 16.5. The summed E-state index contributed by atoms with van der Waals surface area (Å²) < 4.78 is 13.0. The summed E-state index contributed by atoms with van der Waals surface area (Å²) in [5, 5.41) is 12.8. The van der Waals surface area contributed by atoms with Crippen molar-refractivity contribution in [2.45, 2.75) is 12.1 Å². The first-order chi connectivity index (χ1) is 11.4. The first-order valence-corrected chi connectivity index (χ1v) is 8.22. The number of anilines is 1. The van der Waals surface area contributed by atoms with Crippen molar-refractivity contribution in [3.63, 3.8) is 0 Å². The van der Waals surface area contributed by atoms with Gasteiger partial charge in [0.2, 0.25) is 5.91 Å². The van der Waals surface area contributed by atoms with E-state index >= 15 is 0 Å². The quantitative estimate of drug-likeness (QED) is 0.485. The number of imidazole rings is 1. The Bertz CT molecular complexity index is 931. The third-order valence-corrected chi connectivity index (χ3v) is 4.52. The van der Waals surface area contributed by atoms with E-state index in [1.54, 1.807) is 6.20 Å². The molecule has 0 bridgehead atoms. The van der Waals surface area contributed by atoms with Gasteiger partial charge in [0.25, 0.3) is 0 Å². The summed E-state index contributed by atoms with van der Waals surface area (Å²) in [7, 11) is 0. The van der Waals surface area contributed by atoms with Crippen LogP contribution in [0.15, 0.2) is 29.6 Å². The monoisotopic (exact) mass is 366 g/mol. The Kier molecular flexibility index (Phi) is 4.59. The molecule has 0 atom stereocenters. The van der Waals surface area contributed by atoms with Crippen molar-refractivity contribution in [1.29, 1.82) is 0 Å². The molecule has 0 unspecified atom stereocenters. The largest absolute Gasteiger partial charge is 0.505 e. The van der Waals surface area contributed by atoms with E-state index in [2.05, 4.69) is 20.3 Å². The van der Waals surface area contributed by atoms with E-state index in [1.807, 2.05) is 6.92 Å². The molecule has 0 spiro atoms. The molecule has 9 heteroatoms. The minimum atomic E-state index is -0.743. The maximum atomic E-state index is 13.0. The number of carbonyl (C=O) groups excluding carboxylic acids is 1. The smallest absolute Gasteiger partial charge is 0.234 e. The number of fused-ring (bicyclic) bond motifs is 1. The number of amides is 1. The normalized spacial score (nSPS) is 11.0. The maximum absolute atomic E-state index is 13.0. The van der Waals surface area contributed by atoms with Gasteiger partial charge in [-0.3, -0.25) is 4.79 Å². The van der Waals surface area contributed by atoms with E-state index in [-0.39, 0.29) is 11.7 Å². The highest BCUT2D eigenvalue weighted by atomic mass is 35.5. The number of aromatic amines is 1. The van der Waals surface area contributed by atoms with Crippen molar-refractivity contribution in [2.75, 3.05) is 11.1 Å². The van der Waals surface area contributed by atoms with E-state index in [9.17, 15) is 14.3 Å². The summed E-state index contributed by atoms with van der Waals surface area (Å²) in [6.07, 6.45) is 1.56. The van der Waals surface area contributed by atoms with Gasteiger partial charge in [-0.1, -0.05) is 23.4 Å². The number of thioether (sulfide) groups is 1. The highest BCUT2D eigenvalue weighted by molar-refractivity contribution is 7.99. The summed E-state index contributed by atoms with van der Waals surface area (Å²) in [5.74, 6) is -1.47.